The number of aromatic amines is 1. The highest BCUT2D eigenvalue weighted by Crippen LogP contribution is 2.18. The average molecular weight is 317 g/mol. The number of hydrogen-bond acceptors (Lipinski definition) is 4. The van der Waals surface area contributed by atoms with E-state index in [1.165, 1.54) is 25.0 Å². The third kappa shape index (κ3) is 4.16. The zero-order valence-corrected chi connectivity index (χ0v) is 12.9. The van der Waals surface area contributed by atoms with Crippen LogP contribution in [0.2, 0.25) is 0 Å². The molecule has 0 radical (unpaired) electrons. The fraction of sp³-hybridized carbons (Fsp3) is 0.412. The number of carbonyl (C=O) groups excluding carboxylic acids is 1. The van der Waals surface area contributed by atoms with Crippen molar-refractivity contribution in [1.82, 2.24) is 15.1 Å². The highest BCUT2D eigenvalue weighted by atomic mass is 19.1. The van der Waals surface area contributed by atoms with Crippen molar-refractivity contribution in [3.8, 4) is 11.3 Å². The standard InChI is InChI=1S/C17H20FN3O2/c18-14-6-4-13(5-7-14)15-12-16(20-19-15)17(22)23-11-3-10-21-8-1-2-9-21/h4-7,12H,1-3,8-11H2,(H,19,20). The maximum atomic E-state index is 12.9. The van der Waals surface area contributed by atoms with Gasteiger partial charge in [0.25, 0.3) is 0 Å². The number of likely N-dealkylation sites (tertiary alicyclic amines) is 1. The molecule has 3 rings (SSSR count). The summed E-state index contributed by atoms with van der Waals surface area (Å²) >= 11 is 0. The molecule has 1 fully saturated rings. The molecule has 0 spiro atoms. The normalized spacial score (nSPS) is 15.0. The SMILES string of the molecule is O=C(OCCCN1CCCC1)c1cc(-c2ccc(F)cc2)n[nH]1. The molecule has 0 amide bonds. The lowest BCUT2D eigenvalue weighted by atomic mass is 10.1. The molecule has 1 aliphatic heterocycles. The van der Waals surface area contributed by atoms with Crippen molar-refractivity contribution in [3.63, 3.8) is 0 Å². The van der Waals surface area contributed by atoms with Gasteiger partial charge in [-0.3, -0.25) is 5.10 Å². The van der Waals surface area contributed by atoms with Crippen molar-refractivity contribution < 1.29 is 13.9 Å². The van der Waals surface area contributed by atoms with Crippen molar-refractivity contribution in [2.24, 2.45) is 0 Å². The van der Waals surface area contributed by atoms with Gasteiger partial charge < -0.3 is 9.64 Å². The van der Waals surface area contributed by atoms with Crippen LogP contribution in [-0.2, 0) is 4.74 Å². The van der Waals surface area contributed by atoms with E-state index >= 15 is 0 Å². The van der Waals surface area contributed by atoms with Gasteiger partial charge in [0, 0.05) is 12.1 Å². The molecule has 5 nitrogen and oxygen atoms in total. The summed E-state index contributed by atoms with van der Waals surface area (Å²) in [5, 5.41) is 6.74. The number of nitrogens with one attached hydrogen (secondary N) is 1. The molecule has 2 heterocycles. The number of nitrogens with zero attached hydrogens (tertiary/aromatic N) is 2. The molecule has 1 aromatic carbocycles. The van der Waals surface area contributed by atoms with E-state index in [1.54, 1.807) is 18.2 Å². The third-order valence-electron chi connectivity index (χ3n) is 3.99. The van der Waals surface area contributed by atoms with E-state index in [2.05, 4.69) is 15.1 Å². The minimum absolute atomic E-state index is 0.304. The number of hydrogen-bond donors (Lipinski definition) is 1. The van der Waals surface area contributed by atoms with Crippen molar-refractivity contribution >= 4 is 5.97 Å². The summed E-state index contributed by atoms with van der Waals surface area (Å²) in [4.78, 5) is 14.4. The highest BCUT2D eigenvalue weighted by molar-refractivity contribution is 5.88. The van der Waals surface area contributed by atoms with Gasteiger partial charge in [-0.25, -0.2) is 9.18 Å². The van der Waals surface area contributed by atoms with Crippen LogP contribution in [-0.4, -0.2) is 47.3 Å². The lowest BCUT2D eigenvalue weighted by Gasteiger charge is -2.13. The van der Waals surface area contributed by atoms with E-state index in [9.17, 15) is 9.18 Å². The van der Waals surface area contributed by atoms with Crippen LogP contribution in [0.25, 0.3) is 11.3 Å². The number of benzene rings is 1. The third-order valence-corrected chi connectivity index (χ3v) is 3.99. The quantitative estimate of drug-likeness (QED) is 0.657. The summed E-state index contributed by atoms with van der Waals surface area (Å²) in [5.41, 5.74) is 1.65. The van der Waals surface area contributed by atoms with Gasteiger partial charge in [-0.1, -0.05) is 0 Å². The molecule has 2 aromatic rings. The molecule has 1 aromatic heterocycles. The molecule has 23 heavy (non-hydrogen) atoms. The Morgan fingerprint density at radius 3 is 2.74 bits per heavy atom. The van der Waals surface area contributed by atoms with E-state index in [1.807, 2.05) is 0 Å². The molecule has 0 saturated carbocycles. The van der Waals surface area contributed by atoms with Crippen LogP contribution < -0.4 is 0 Å². The van der Waals surface area contributed by atoms with Crippen molar-refractivity contribution in [2.75, 3.05) is 26.2 Å². The first kappa shape index (κ1) is 15.7. The second-order valence-electron chi connectivity index (χ2n) is 5.71. The first-order valence-corrected chi connectivity index (χ1v) is 7.93. The van der Waals surface area contributed by atoms with E-state index in [0.29, 0.717) is 18.0 Å². The van der Waals surface area contributed by atoms with Crippen molar-refractivity contribution in [1.29, 1.82) is 0 Å². The Morgan fingerprint density at radius 1 is 1.26 bits per heavy atom. The second kappa shape index (κ2) is 7.37. The lowest BCUT2D eigenvalue weighted by Crippen LogP contribution is -2.22. The average Bonchev–Trinajstić information content (AvgIpc) is 3.24. The number of carbonyl (C=O) groups is 1. The zero-order valence-electron chi connectivity index (χ0n) is 12.9. The Labute approximate surface area is 134 Å². The number of halogens is 1. The molecule has 122 valence electrons. The molecule has 1 aliphatic rings. The van der Waals surface area contributed by atoms with E-state index in [0.717, 1.165) is 31.6 Å². The molecular formula is C17H20FN3O2. The van der Waals surface area contributed by atoms with Gasteiger partial charge in [0.2, 0.25) is 0 Å². The predicted octanol–water partition coefficient (Wildman–Crippen LogP) is 2.86. The first-order valence-electron chi connectivity index (χ1n) is 7.93. The first-order chi connectivity index (χ1) is 11.2. The maximum Gasteiger partial charge on any atom is 0.356 e. The molecular weight excluding hydrogens is 297 g/mol. The minimum Gasteiger partial charge on any atom is -0.461 e. The van der Waals surface area contributed by atoms with Gasteiger partial charge in [-0.2, -0.15) is 5.10 Å². The number of H-pyrrole nitrogens is 1. The number of ether oxygens (including phenoxy) is 1. The Morgan fingerprint density at radius 2 is 2.00 bits per heavy atom. The largest absolute Gasteiger partial charge is 0.461 e. The van der Waals surface area contributed by atoms with Crippen LogP contribution in [0, 0.1) is 5.82 Å². The van der Waals surface area contributed by atoms with Crippen LogP contribution in [0.15, 0.2) is 30.3 Å². The maximum absolute atomic E-state index is 12.9. The monoisotopic (exact) mass is 317 g/mol. The number of aromatic nitrogens is 2. The molecule has 1 saturated heterocycles. The fourth-order valence-corrected chi connectivity index (χ4v) is 2.73. The van der Waals surface area contributed by atoms with Crippen molar-refractivity contribution in [3.05, 3.63) is 41.8 Å². The summed E-state index contributed by atoms with van der Waals surface area (Å²) in [6.45, 7) is 3.67. The number of rotatable bonds is 6. The van der Waals surface area contributed by atoms with Crippen LogP contribution in [0.5, 0.6) is 0 Å². The topological polar surface area (TPSA) is 58.2 Å². The molecule has 0 bridgehead atoms. The van der Waals surface area contributed by atoms with Gasteiger partial charge in [0.05, 0.1) is 12.3 Å². The smallest absolute Gasteiger partial charge is 0.356 e. The van der Waals surface area contributed by atoms with Gasteiger partial charge in [0.15, 0.2) is 0 Å². The Kier molecular flexibility index (Phi) is 5.02. The van der Waals surface area contributed by atoms with Crippen LogP contribution in [0.4, 0.5) is 4.39 Å². The lowest BCUT2D eigenvalue weighted by molar-refractivity contribution is 0.0484. The van der Waals surface area contributed by atoms with Gasteiger partial charge >= 0.3 is 5.97 Å². The Bertz CT molecular complexity index is 648. The van der Waals surface area contributed by atoms with Crippen LogP contribution >= 0.6 is 0 Å². The summed E-state index contributed by atoms with van der Waals surface area (Å²) in [5.74, 6) is -0.714. The fourth-order valence-electron chi connectivity index (χ4n) is 2.73. The summed E-state index contributed by atoms with van der Waals surface area (Å²) < 4.78 is 18.2. The van der Waals surface area contributed by atoms with Gasteiger partial charge in [-0.15, -0.1) is 0 Å². The molecule has 0 atom stereocenters. The van der Waals surface area contributed by atoms with E-state index in [-0.39, 0.29) is 5.82 Å². The molecule has 0 aliphatic carbocycles. The molecule has 6 heteroatoms. The summed E-state index contributed by atoms with van der Waals surface area (Å²) in [7, 11) is 0. The second-order valence-corrected chi connectivity index (χ2v) is 5.71. The summed E-state index contributed by atoms with van der Waals surface area (Å²) in [6, 6.07) is 7.59. The van der Waals surface area contributed by atoms with Crippen molar-refractivity contribution in [2.45, 2.75) is 19.3 Å². The minimum atomic E-state index is -0.410. The van der Waals surface area contributed by atoms with Gasteiger partial charge in [0.1, 0.15) is 11.5 Å². The Balaban J connectivity index is 1.48. The number of esters is 1. The Hall–Kier alpha value is -2.21. The highest BCUT2D eigenvalue weighted by Gasteiger charge is 2.14. The zero-order chi connectivity index (χ0) is 16.1. The summed E-state index contributed by atoms with van der Waals surface area (Å²) in [6.07, 6.45) is 3.37. The molecule has 1 N–H and O–H groups in total. The van der Waals surface area contributed by atoms with E-state index in [4.69, 9.17) is 4.74 Å². The predicted molar refractivity (Wildman–Crippen MR) is 84.6 cm³/mol. The van der Waals surface area contributed by atoms with Gasteiger partial charge in [-0.05, 0) is 62.7 Å². The molecule has 0 unspecified atom stereocenters. The van der Waals surface area contributed by atoms with Crippen LogP contribution in [0.3, 0.4) is 0 Å². The van der Waals surface area contributed by atoms with E-state index < -0.39 is 5.97 Å². The van der Waals surface area contributed by atoms with Crippen LogP contribution in [0.1, 0.15) is 29.8 Å².